The Kier molecular flexibility index (Phi) is 5.51. The third-order valence-electron chi connectivity index (χ3n) is 2.88. The summed E-state index contributed by atoms with van der Waals surface area (Å²) in [7, 11) is 6.11. The molecule has 7 heteroatoms. The monoisotopic (exact) mass is 306 g/mol. The van der Waals surface area contributed by atoms with E-state index in [2.05, 4.69) is 9.97 Å². The second kappa shape index (κ2) is 7.58. The molecule has 0 spiro atoms. The molecule has 0 atom stereocenters. The van der Waals surface area contributed by atoms with Crippen LogP contribution in [-0.4, -0.2) is 38.4 Å². The van der Waals surface area contributed by atoms with E-state index in [1.807, 2.05) is 18.2 Å². The van der Waals surface area contributed by atoms with Crippen molar-refractivity contribution in [3.63, 3.8) is 0 Å². The number of aromatic nitrogens is 2. The maximum Gasteiger partial charge on any atom is 0.328 e. The highest BCUT2D eigenvalue weighted by molar-refractivity contribution is 5.37. The first-order valence-electron chi connectivity index (χ1n) is 6.51. The van der Waals surface area contributed by atoms with E-state index in [0.29, 0.717) is 17.5 Å². The van der Waals surface area contributed by atoms with Gasteiger partial charge in [-0.05, 0) is 6.07 Å². The zero-order valence-corrected chi connectivity index (χ0v) is 12.9. The van der Waals surface area contributed by atoms with E-state index in [1.54, 1.807) is 26.4 Å². The standard InChI is InChI=1S/C15H18N2O5/c1-18-12-9-13(19-2)17-15(16-12)22-11-8-6-5-7-10(11)14(20-3)21-4/h5-9,14H,1-4H3. The predicted octanol–water partition coefficient (Wildman–Crippen LogP) is 2.58. The Morgan fingerprint density at radius 2 is 1.45 bits per heavy atom. The van der Waals surface area contributed by atoms with E-state index in [-0.39, 0.29) is 6.01 Å². The molecular formula is C15H18N2O5. The van der Waals surface area contributed by atoms with Gasteiger partial charge in [-0.3, -0.25) is 0 Å². The molecule has 0 fully saturated rings. The topological polar surface area (TPSA) is 71.9 Å². The molecule has 2 rings (SSSR count). The Morgan fingerprint density at radius 1 is 0.864 bits per heavy atom. The summed E-state index contributed by atoms with van der Waals surface area (Å²) in [6.07, 6.45) is -0.552. The Labute approximate surface area is 128 Å². The summed E-state index contributed by atoms with van der Waals surface area (Å²) in [4.78, 5) is 8.26. The lowest BCUT2D eigenvalue weighted by atomic mass is 10.2. The van der Waals surface area contributed by atoms with Crippen LogP contribution in [0.5, 0.6) is 23.5 Å². The fourth-order valence-corrected chi connectivity index (χ4v) is 1.86. The van der Waals surface area contributed by atoms with Gasteiger partial charge >= 0.3 is 6.01 Å². The van der Waals surface area contributed by atoms with Gasteiger partial charge in [0.1, 0.15) is 5.75 Å². The minimum absolute atomic E-state index is 0.106. The van der Waals surface area contributed by atoms with Gasteiger partial charge in [-0.15, -0.1) is 0 Å². The van der Waals surface area contributed by atoms with Crippen molar-refractivity contribution in [3.05, 3.63) is 35.9 Å². The van der Waals surface area contributed by atoms with Crippen molar-refractivity contribution in [3.8, 4) is 23.5 Å². The highest BCUT2D eigenvalue weighted by Crippen LogP contribution is 2.31. The normalized spacial score (nSPS) is 10.6. The predicted molar refractivity (Wildman–Crippen MR) is 78.4 cm³/mol. The second-order valence-corrected chi connectivity index (χ2v) is 4.18. The highest BCUT2D eigenvalue weighted by atomic mass is 16.7. The van der Waals surface area contributed by atoms with Gasteiger partial charge in [-0.1, -0.05) is 18.2 Å². The van der Waals surface area contributed by atoms with Crippen molar-refractivity contribution < 1.29 is 23.7 Å². The van der Waals surface area contributed by atoms with Crippen molar-refractivity contribution in [1.82, 2.24) is 9.97 Å². The number of methoxy groups -OCH3 is 4. The quantitative estimate of drug-likeness (QED) is 0.728. The number of hydrogen-bond donors (Lipinski definition) is 0. The molecular weight excluding hydrogens is 288 g/mol. The van der Waals surface area contributed by atoms with Gasteiger partial charge in [-0.2, -0.15) is 9.97 Å². The lowest BCUT2D eigenvalue weighted by Gasteiger charge is -2.17. The Hall–Kier alpha value is -2.38. The molecule has 22 heavy (non-hydrogen) atoms. The van der Waals surface area contributed by atoms with E-state index in [0.717, 1.165) is 5.56 Å². The van der Waals surface area contributed by atoms with Gasteiger partial charge in [0.2, 0.25) is 11.8 Å². The minimum Gasteiger partial charge on any atom is -0.481 e. The molecule has 1 aromatic heterocycles. The molecule has 0 aliphatic heterocycles. The summed E-state index contributed by atoms with van der Waals surface area (Å²) in [5.74, 6) is 1.20. The van der Waals surface area contributed by atoms with Gasteiger partial charge in [0, 0.05) is 14.2 Å². The van der Waals surface area contributed by atoms with Crippen LogP contribution < -0.4 is 14.2 Å². The first kappa shape index (κ1) is 16.0. The number of para-hydroxylation sites is 1. The molecule has 1 heterocycles. The summed E-state index contributed by atoms with van der Waals surface area (Å²) in [6.45, 7) is 0. The molecule has 0 aliphatic carbocycles. The van der Waals surface area contributed by atoms with Gasteiger partial charge in [-0.25, -0.2) is 0 Å². The van der Waals surface area contributed by atoms with Gasteiger partial charge in [0.15, 0.2) is 6.29 Å². The van der Waals surface area contributed by atoms with E-state index < -0.39 is 6.29 Å². The average molecular weight is 306 g/mol. The minimum atomic E-state index is -0.552. The molecule has 0 saturated heterocycles. The summed E-state index contributed by atoms with van der Waals surface area (Å²) in [6, 6.07) is 8.97. The first-order valence-corrected chi connectivity index (χ1v) is 6.51. The van der Waals surface area contributed by atoms with E-state index in [4.69, 9.17) is 23.7 Å². The van der Waals surface area contributed by atoms with E-state index in [9.17, 15) is 0 Å². The maximum atomic E-state index is 5.74. The summed E-state index contributed by atoms with van der Waals surface area (Å²) in [5.41, 5.74) is 0.720. The molecule has 0 aliphatic rings. The van der Waals surface area contributed by atoms with Crippen molar-refractivity contribution in [2.24, 2.45) is 0 Å². The van der Waals surface area contributed by atoms with Crippen LogP contribution in [0.2, 0.25) is 0 Å². The molecule has 2 aromatic rings. The molecule has 7 nitrogen and oxygen atoms in total. The largest absolute Gasteiger partial charge is 0.481 e. The van der Waals surface area contributed by atoms with Crippen LogP contribution in [0.15, 0.2) is 30.3 Å². The smallest absolute Gasteiger partial charge is 0.328 e. The van der Waals surface area contributed by atoms with Gasteiger partial charge in [0.05, 0.1) is 25.8 Å². The first-order chi connectivity index (χ1) is 10.7. The number of hydrogen-bond acceptors (Lipinski definition) is 7. The van der Waals surface area contributed by atoms with Crippen molar-refractivity contribution >= 4 is 0 Å². The molecule has 0 N–H and O–H groups in total. The van der Waals surface area contributed by atoms with Crippen molar-refractivity contribution in [2.75, 3.05) is 28.4 Å². The Morgan fingerprint density at radius 3 is 2.00 bits per heavy atom. The number of benzene rings is 1. The lowest BCUT2D eigenvalue weighted by Crippen LogP contribution is -2.06. The van der Waals surface area contributed by atoms with Crippen LogP contribution in [-0.2, 0) is 9.47 Å². The Balaban J connectivity index is 2.35. The molecule has 1 aromatic carbocycles. The average Bonchev–Trinajstić information content (AvgIpc) is 2.57. The van der Waals surface area contributed by atoms with Crippen molar-refractivity contribution in [2.45, 2.75) is 6.29 Å². The number of nitrogens with zero attached hydrogens (tertiary/aromatic N) is 2. The maximum absolute atomic E-state index is 5.74. The summed E-state index contributed by atoms with van der Waals surface area (Å²) >= 11 is 0. The van der Waals surface area contributed by atoms with E-state index >= 15 is 0 Å². The van der Waals surface area contributed by atoms with Crippen LogP contribution in [0.1, 0.15) is 11.9 Å². The van der Waals surface area contributed by atoms with Crippen molar-refractivity contribution in [1.29, 1.82) is 0 Å². The van der Waals surface area contributed by atoms with Crippen LogP contribution in [0, 0.1) is 0 Å². The summed E-state index contributed by atoms with van der Waals surface area (Å²) < 4.78 is 26.4. The fraction of sp³-hybridized carbons (Fsp3) is 0.333. The molecule has 0 bridgehead atoms. The molecule has 118 valence electrons. The number of ether oxygens (including phenoxy) is 5. The van der Waals surface area contributed by atoms with Crippen LogP contribution in [0.4, 0.5) is 0 Å². The zero-order valence-electron chi connectivity index (χ0n) is 12.9. The van der Waals surface area contributed by atoms with E-state index in [1.165, 1.54) is 14.2 Å². The van der Waals surface area contributed by atoms with Crippen LogP contribution in [0.25, 0.3) is 0 Å². The molecule has 0 saturated carbocycles. The second-order valence-electron chi connectivity index (χ2n) is 4.18. The number of rotatable bonds is 7. The third kappa shape index (κ3) is 3.63. The zero-order chi connectivity index (χ0) is 15.9. The lowest BCUT2D eigenvalue weighted by molar-refractivity contribution is -0.106. The Bertz CT molecular complexity index is 594. The molecule has 0 radical (unpaired) electrons. The SMILES string of the molecule is COc1cc(OC)nc(Oc2ccccc2C(OC)OC)n1. The highest BCUT2D eigenvalue weighted by Gasteiger charge is 2.16. The molecule has 0 amide bonds. The fourth-order valence-electron chi connectivity index (χ4n) is 1.86. The van der Waals surface area contributed by atoms with Crippen LogP contribution >= 0.6 is 0 Å². The third-order valence-corrected chi connectivity index (χ3v) is 2.88. The summed E-state index contributed by atoms with van der Waals surface area (Å²) in [5, 5.41) is 0. The van der Waals surface area contributed by atoms with Gasteiger partial charge in [0.25, 0.3) is 0 Å². The molecule has 0 unspecified atom stereocenters. The van der Waals surface area contributed by atoms with Gasteiger partial charge < -0.3 is 23.7 Å². The van der Waals surface area contributed by atoms with Crippen LogP contribution in [0.3, 0.4) is 0 Å².